The Hall–Kier alpha value is -2.45. The molecule has 1 N–H and O–H groups in total. The molecular formula is C19H19ClF3NO4. The second-order valence-corrected chi connectivity index (χ2v) is 6.14. The van der Waals surface area contributed by atoms with E-state index in [0.29, 0.717) is 16.1 Å². The minimum absolute atomic E-state index is 0.0677. The summed E-state index contributed by atoms with van der Waals surface area (Å²) < 4.78 is 52.4. The molecule has 0 saturated carbocycles. The molecule has 0 fully saturated rings. The monoisotopic (exact) mass is 417 g/mol. The van der Waals surface area contributed by atoms with Crippen LogP contribution in [0.25, 0.3) is 0 Å². The highest BCUT2D eigenvalue weighted by atomic mass is 35.5. The number of rotatable bonds is 8. The summed E-state index contributed by atoms with van der Waals surface area (Å²) in [6.07, 6.45) is -5.64. The lowest BCUT2D eigenvalue weighted by molar-refractivity contribution is -0.153. The van der Waals surface area contributed by atoms with E-state index < -0.39 is 25.0 Å². The number of carbonyl (C=O) groups excluding carboxylic acids is 1. The van der Waals surface area contributed by atoms with Crippen LogP contribution in [-0.4, -0.2) is 39.1 Å². The number of amides is 1. The van der Waals surface area contributed by atoms with Crippen molar-refractivity contribution in [1.82, 2.24) is 5.32 Å². The standard InChI is InChI=1S/C19H19ClF3NO4/c1-26-18(25)24-8-9-27-17(13-4-2-6-15(20)10-13)14-5-3-7-16(11-14)28-12-19(21,22)23/h2-7,10-11,17H,8-9,12H2,1H3,(H,24,25). The van der Waals surface area contributed by atoms with Crippen LogP contribution in [0.5, 0.6) is 5.75 Å². The van der Waals surface area contributed by atoms with Crippen LogP contribution >= 0.6 is 11.6 Å². The van der Waals surface area contributed by atoms with Gasteiger partial charge < -0.3 is 19.5 Å². The number of carbonyl (C=O) groups is 1. The van der Waals surface area contributed by atoms with Crippen molar-refractivity contribution >= 4 is 17.7 Å². The number of benzene rings is 2. The SMILES string of the molecule is COC(=O)NCCOC(c1cccc(Cl)c1)c1cccc(OCC(F)(F)F)c1. The highest BCUT2D eigenvalue weighted by molar-refractivity contribution is 6.30. The first-order valence-electron chi connectivity index (χ1n) is 8.27. The molecule has 0 aliphatic heterocycles. The zero-order valence-corrected chi connectivity index (χ0v) is 15.7. The van der Waals surface area contributed by atoms with E-state index in [-0.39, 0.29) is 18.9 Å². The number of hydrogen-bond donors (Lipinski definition) is 1. The molecule has 5 nitrogen and oxygen atoms in total. The Morgan fingerprint density at radius 1 is 1.14 bits per heavy atom. The molecule has 0 saturated heterocycles. The van der Waals surface area contributed by atoms with Gasteiger partial charge in [-0.3, -0.25) is 0 Å². The van der Waals surface area contributed by atoms with Crippen molar-refractivity contribution in [2.45, 2.75) is 12.3 Å². The molecular weight excluding hydrogens is 399 g/mol. The summed E-state index contributed by atoms with van der Waals surface area (Å²) in [5, 5.41) is 2.98. The largest absolute Gasteiger partial charge is 0.484 e. The minimum Gasteiger partial charge on any atom is -0.484 e. The average molecular weight is 418 g/mol. The third-order valence-electron chi connectivity index (χ3n) is 3.56. The van der Waals surface area contributed by atoms with E-state index in [1.165, 1.54) is 19.2 Å². The minimum atomic E-state index is -4.43. The van der Waals surface area contributed by atoms with Crippen molar-refractivity contribution in [3.8, 4) is 5.75 Å². The molecule has 9 heteroatoms. The van der Waals surface area contributed by atoms with Crippen LogP contribution in [0.15, 0.2) is 48.5 Å². The highest BCUT2D eigenvalue weighted by Crippen LogP contribution is 2.30. The van der Waals surface area contributed by atoms with Crippen LogP contribution in [0.4, 0.5) is 18.0 Å². The van der Waals surface area contributed by atoms with E-state index in [1.54, 1.807) is 36.4 Å². The molecule has 1 atom stereocenters. The number of ether oxygens (including phenoxy) is 3. The van der Waals surface area contributed by atoms with E-state index in [0.717, 1.165) is 0 Å². The smallest absolute Gasteiger partial charge is 0.422 e. The van der Waals surface area contributed by atoms with Crippen LogP contribution in [0.3, 0.4) is 0 Å². The fourth-order valence-electron chi connectivity index (χ4n) is 2.39. The molecule has 0 aliphatic carbocycles. The maximum Gasteiger partial charge on any atom is 0.422 e. The molecule has 2 aromatic carbocycles. The molecule has 0 bridgehead atoms. The molecule has 1 unspecified atom stereocenters. The highest BCUT2D eigenvalue weighted by Gasteiger charge is 2.28. The van der Waals surface area contributed by atoms with Crippen LogP contribution < -0.4 is 10.1 Å². The molecule has 0 heterocycles. The van der Waals surface area contributed by atoms with Gasteiger partial charge in [0.25, 0.3) is 0 Å². The first kappa shape index (κ1) is 21.8. The Morgan fingerprint density at radius 3 is 2.46 bits per heavy atom. The molecule has 0 spiro atoms. The number of alkyl halides is 3. The van der Waals surface area contributed by atoms with Gasteiger partial charge in [-0.05, 0) is 35.4 Å². The maximum absolute atomic E-state index is 12.4. The molecule has 152 valence electrons. The molecule has 28 heavy (non-hydrogen) atoms. The van der Waals surface area contributed by atoms with Gasteiger partial charge in [0.05, 0.1) is 13.7 Å². The molecule has 1 amide bonds. The number of nitrogens with one attached hydrogen (secondary N) is 1. The first-order valence-corrected chi connectivity index (χ1v) is 8.64. The number of halogens is 4. The fraction of sp³-hybridized carbons (Fsp3) is 0.316. The Bertz CT molecular complexity index is 786. The van der Waals surface area contributed by atoms with Crippen molar-refractivity contribution in [2.24, 2.45) is 0 Å². The quantitative estimate of drug-likeness (QED) is 0.630. The summed E-state index contributed by atoms with van der Waals surface area (Å²) in [6, 6.07) is 13.1. The number of alkyl carbamates (subject to hydrolysis) is 1. The Kier molecular flexibility index (Phi) is 7.95. The number of methoxy groups -OCH3 is 1. The fourth-order valence-corrected chi connectivity index (χ4v) is 2.59. The Labute approximate surface area is 165 Å². The van der Waals surface area contributed by atoms with Crippen LogP contribution in [0.1, 0.15) is 17.2 Å². The zero-order valence-electron chi connectivity index (χ0n) is 15.0. The second kappa shape index (κ2) is 10.2. The Morgan fingerprint density at radius 2 is 1.82 bits per heavy atom. The molecule has 2 aromatic rings. The molecule has 0 aromatic heterocycles. The molecule has 2 rings (SSSR count). The van der Waals surface area contributed by atoms with Gasteiger partial charge in [-0.1, -0.05) is 35.9 Å². The summed E-state index contributed by atoms with van der Waals surface area (Å²) >= 11 is 6.05. The average Bonchev–Trinajstić information content (AvgIpc) is 2.66. The topological polar surface area (TPSA) is 56.8 Å². The summed E-state index contributed by atoms with van der Waals surface area (Å²) in [4.78, 5) is 11.1. The summed E-state index contributed by atoms with van der Waals surface area (Å²) in [7, 11) is 1.25. The predicted octanol–water partition coefficient (Wildman–Crippen LogP) is 4.74. The van der Waals surface area contributed by atoms with Gasteiger partial charge in [0.15, 0.2) is 6.61 Å². The van der Waals surface area contributed by atoms with Crippen molar-refractivity contribution in [1.29, 1.82) is 0 Å². The van der Waals surface area contributed by atoms with E-state index in [9.17, 15) is 18.0 Å². The zero-order chi connectivity index (χ0) is 20.6. The van der Waals surface area contributed by atoms with E-state index in [1.807, 2.05) is 0 Å². The summed E-state index contributed by atoms with van der Waals surface area (Å²) in [5.41, 5.74) is 1.29. The lowest BCUT2D eigenvalue weighted by Gasteiger charge is -2.20. The lowest BCUT2D eigenvalue weighted by Crippen LogP contribution is -2.27. The van der Waals surface area contributed by atoms with E-state index >= 15 is 0 Å². The number of hydrogen-bond acceptors (Lipinski definition) is 4. The van der Waals surface area contributed by atoms with Crippen LogP contribution in [0, 0.1) is 0 Å². The lowest BCUT2D eigenvalue weighted by atomic mass is 10.0. The Balaban J connectivity index is 2.17. The first-order chi connectivity index (χ1) is 13.3. The van der Waals surface area contributed by atoms with Crippen molar-refractivity contribution in [2.75, 3.05) is 26.9 Å². The van der Waals surface area contributed by atoms with Gasteiger partial charge >= 0.3 is 12.3 Å². The third-order valence-corrected chi connectivity index (χ3v) is 3.79. The summed E-state index contributed by atoms with van der Waals surface area (Å²) in [6.45, 7) is -1.06. The summed E-state index contributed by atoms with van der Waals surface area (Å²) in [5.74, 6) is 0.0677. The maximum atomic E-state index is 12.4. The van der Waals surface area contributed by atoms with Crippen LogP contribution in [0.2, 0.25) is 5.02 Å². The van der Waals surface area contributed by atoms with Crippen molar-refractivity contribution in [3.05, 3.63) is 64.7 Å². The van der Waals surface area contributed by atoms with Gasteiger partial charge in [-0.2, -0.15) is 13.2 Å². The van der Waals surface area contributed by atoms with Crippen LogP contribution in [-0.2, 0) is 9.47 Å². The van der Waals surface area contributed by atoms with Gasteiger partial charge in [0.2, 0.25) is 0 Å². The van der Waals surface area contributed by atoms with E-state index in [2.05, 4.69) is 10.1 Å². The predicted molar refractivity (Wildman–Crippen MR) is 97.6 cm³/mol. The van der Waals surface area contributed by atoms with Crippen molar-refractivity contribution < 1.29 is 32.2 Å². The third kappa shape index (κ3) is 7.28. The molecule has 0 radical (unpaired) electrons. The van der Waals surface area contributed by atoms with Crippen molar-refractivity contribution in [3.63, 3.8) is 0 Å². The van der Waals surface area contributed by atoms with Gasteiger partial charge in [0, 0.05) is 11.6 Å². The van der Waals surface area contributed by atoms with E-state index in [4.69, 9.17) is 21.1 Å². The van der Waals surface area contributed by atoms with Gasteiger partial charge in [-0.25, -0.2) is 4.79 Å². The van der Waals surface area contributed by atoms with Gasteiger partial charge in [-0.15, -0.1) is 0 Å². The second-order valence-electron chi connectivity index (χ2n) is 5.70. The normalized spacial score (nSPS) is 12.3. The van der Waals surface area contributed by atoms with Gasteiger partial charge in [0.1, 0.15) is 11.9 Å². The molecule has 0 aliphatic rings.